The van der Waals surface area contributed by atoms with E-state index in [-0.39, 0.29) is 18.2 Å². The predicted molar refractivity (Wildman–Crippen MR) is 120 cm³/mol. The zero-order chi connectivity index (χ0) is 21.4. The van der Waals surface area contributed by atoms with Gasteiger partial charge in [-0.25, -0.2) is 13.4 Å². The first kappa shape index (κ1) is 19.5. The van der Waals surface area contributed by atoms with E-state index in [1.165, 1.54) is 17.4 Å². The van der Waals surface area contributed by atoms with Gasteiger partial charge in [0.15, 0.2) is 5.13 Å². The van der Waals surface area contributed by atoms with Gasteiger partial charge in [0, 0.05) is 18.8 Å². The van der Waals surface area contributed by atoms with Crippen LogP contribution in [-0.2, 0) is 14.8 Å². The molecular weight excluding hydrogens is 436 g/mol. The molecule has 0 saturated heterocycles. The summed E-state index contributed by atoms with van der Waals surface area (Å²) in [6.45, 7) is 0.258. The number of carbonyl (C=O) groups is 1. The Morgan fingerprint density at radius 3 is 2.77 bits per heavy atom. The molecule has 1 aromatic heterocycles. The molecule has 0 unspecified atom stereocenters. The first-order valence-electron chi connectivity index (χ1n) is 9.39. The minimum Gasteiger partial charge on any atom is -0.457 e. The topological polar surface area (TPSA) is 101 Å². The Morgan fingerprint density at radius 1 is 1.10 bits per heavy atom. The molecule has 2 aromatic carbocycles. The lowest BCUT2D eigenvalue weighted by molar-refractivity contribution is -0.112. The number of fused-ring (bicyclic) bond motifs is 2. The van der Waals surface area contributed by atoms with E-state index in [0.29, 0.717) is 22.3 Å². The number of hydrogen-bond donors (Lipinski definition) is 1. The van der Waals surface area contributed by atoms with Gasteiger partial charge in [-0.15, -0.1) is 4.40 Å². The molecular formula is C21H16N4O4S2. The summed E-state index contributed by atoms with van der Waals surface area (Å²) < 4.78 is 33.7. The molecule has 0 aliphatic carbocycles. The summed E-state index contributed by atoms with van der Waals surface area (Å²) in [5.74, 6) is 1.33. The van der Waals surface area contributed by atoms with Crippen molar-refractivity contribution in [2.45, 2.75) is 0 Å². The van der Waals surface area contributed by atoms with Crippen molar-refractivity contribution in [3.63, 3.8) is 0 Å². The smallest absolute Gasteiger partial charge is 0.258 e. The van der Waals surface area contributed by atoms with Crippen LogP contribution in [0.4, 0.5) is 5.13 Å². The van der Waals surface area contributed by atoms with Crippen molar-refractivity contribution in [1.82, 2.24) is 9.88 Å². The van der Waals surface area contributed by atoms with Gasteiger partial charge in [-0.05, 0) is 36.4 Å². The Bertz CT molecular complexity index is 1370. The van der Waals surface area contributed by atoms with Crippen LogP contribution in [0.15, 0.2) is 76.9 Å². The normalized spacial score (nSPS) is 17.0. The van der Waals surface area contributed by atoms with E-state index < -0.39 is 10.0 Å². The van der Waals surface area contributed by atoms with E-state index in [4.69, 9.17) is 4.74 Å². The van der Waals surface area contributed by atoms with Gasteiger partial charge in [-0.2, -0.15) is 0 Å². The van der Waals surface area contributed by atoms with E-state index in [1.807, 2.05) is 48.5 Å². The molecule has 0 spiro atoms. The molecule has 156 valence electrons. The SMILES string of the molecule is O=C(Nc1nc2ccc(Oc3ccccc3)cc2s1)C1=CN2CCS(=O)(=O)N=C2C=C1. The number of nitrogens with one attached hydrogen (secondary N) is 1. The number of sulfonamides is 1. The first-order chi connectivity index (χ1) is 14.9. The third-order valence-electron chi connectivity index (χ3n) is 4.65. The molecule has 0 radical (unpaired) electrons. The molecule has 8 nitrogen and oxygen atoms in total. The number of amides is 1. The van der Waals surface area contributed by atoms with Gasteiger partial charge in [0.2, 0.25) is 0 Å². The first-order valence-corrected chi connectivity index (χ1v) is 11.8. The quantitative estimate of drug-likeness (QED) is 0.650. The molecule has 0 atom stereocenters. The highest BCUT2D eigenvalue weighted by atomic mass is 32.2. The summed E-state index contributed by atoms with van der Waals surface area (Å²) in [5, 5.41) is 3.27. The van der Waals surface area contributed by atoms with E-state index in [2.05, 4.69) is 14.7 Å². The van der Waals surface area contributed by atoms with Crippen molar-refractivity contribution in [3.8, 4) is 11.5 Å². The van der Waals surface area contributed by atoms with Crippen LogP contribution in [0.2, 0.25) is 0 Å². The van der Waals surface area contributed by atoms with Crippen molar-refractivity contribution >= 4 is 48.5 Å². The number of thiazole rings is 1. The summed E-state index contributed by atoms with van der Waals surface area (Å²) in [5.41, 5.74) is 1.15. The summed E-state index contributed by atoms with van der Waals surface area (Å²) in [4.78, 5) is 18.8. The van der Waals surface area contributed by atoms with Gasteiger partial charge in [-0.3, -0.25) is 10.1 Å². The zero-order valence-corrected chi connectivity index (χ0v) is 17.7. The molecule has 1 N–H and O–H groups in total. The van der Waals surface area contributed by atoms with Gasteiger partial charge in [0.25, 0.3) is 15.9 Å². The highest BCUT2D eigenvalue weighted by molar-refractivity contribution is 7.90. The van der Waals surface area contributed by atoms with E-state index in [0.717, 1.165) is 16.0 Å². The summed E-state index contributed by atoms with van der Waals surface area (Å²) >= 11 is 1.35. The molecule has 2 aliphatic heterocycles. The molecule has 0 bridgehead atoms. The van der Waals surface area contributed by atoms with Crippen LogP contribution >= 0.6 is 11.3 Å². The Kier molecular flexibility index (Phi) is 4.79. The number of para-hydroxylation sites is 1. The van der Waals surface area contributed by atoms with Gasteiger partial charge in [0.1, 0.15) is 17.3 Å². The molecule has 2 aliphatic rings. The van der Waals surface area contributed by atoms with E-state index in [9.17, 15) is 13.2 Å². The lowest BCUT2D eigenvalue weighted by Gasteiger charge is -2.26. The van der Waals surface area contributed by atoms with Crippen molar-refractivity contribution in [2.75, 3.05) is 17.6 Å². The maximum absolute atomic E-state index is 12.7. The van der Waals surface area contributed by atoms with Gasteiger partial charge >= 0.3 is 0 Å². The van der Waals surface area contributed by atoms with Gasteiger partial charge < -0.3 is 9.64 Å². The third-order valence-corrected chi connectivity index (χ3v) is 6.74. The Balaban J connectivity index is 1.32. The van der Waals surface area contributed by atoms with Crippen molar-refractivity contribution < 1.29 is 17.9 Å². The van der Waals surface area contributed by atoms with Crippen LogP contribution in [0.25, 0.3) is 10.2 Å². The van der Waals surface area contributed by atoms with Crippen LogP contribution < -0.4 is 10.1 Å². The summed E-state index contributed by atoms with van der Waals surface area (Å²) in [7, 11) is -3.43. The third kappa shape index (κ3) is 4.21. The summed E-state index contributed by atoms with van der Waals surface area (Å²) in [6.07, 6.45) is 4.67. The number of hydrogen-bond acceptors (Lipinski definition) is 7. The Morgan fingerprint density at radius 2 is 1.94 bits per heavy atom. The fourth-order valence-corrected chi connectivity index (χ4v) is 5.01. The van der Waals surface area contributed by atoms with Crippen LogP contribution in [0, 0.1) is 0 Å². The summed E-state index contributed by atoms with van der Waals surface area (Å²) in [6, 6.07) is 15.0. The fraction of sp³-hybridized carbons (Fsp3) is 0.0952. The second-order valence-corrected chi connectivity index (χ2v) is 9.65. The number of carbonyl (C=O) groups excluding carboxylic acids is 1. The maximum Gasteiger partial charge on any atom is 0.258 e. The molecule has 0 fully saturated rings. The second kappa shape index (κ2) is 7.64. The minimum atomic E-state index is -3.43. The number of anilines is 1. The average Bonchev–Trinajstić information content (AvgIpc) is 3.15. The molecule has 5 rings (SSSR count). The van der Waals surface area contributed by atoms with Gasteiger partial charge in [-0.1, -0.05) is 29.5 Å². The standard InChI is InChI=1S/C21H16N4O4S2/c26-20(14-6-9-19-24-31(27,28)11-10-25(19)13-14)23-21-22-17-8-7-16(12-18(17)30-21)29-15-4-2-1-3-5-15/h1-9,12-13H,10-11H2,(H,22,23,26). The molecule has 10 heteroatoms. The predicted octanol–water partition coefficient (Wildman–Crippen LogP) is 3.52. The van der Waals surface area contributed by atoms with Gasteiger partial charge in [0.05, 0.1) is 21.5 Å². The number of aromatic nitrogens is 1. The average molecular weight is 453 g/mol. The maximum atomic E-state index is 12.7. The van der Waals surface area contributed by atoms with Crippen molar-refractivity contribution in [1.29, 1.82) is 0 Å². The highest BCUT2D eigenvalue weighted by Crippen LogP contribution is 2.31. The monoisotopic (exact) mass is 452 g/mol. The van der Waals surface area contributed by atoms with Crippen LogP contribution in [-0.4, -0.2) is 42.3 Å². The van der Waals surface area contributed by atoms with Crippen LogP contribution in [0.3, 0.4) is 0 Å². The molecule has 1 amide bonds. The molecule has 31 heavy (non-hydrogen) atoms. The van der Waals surface area contributed by atoms with Crippen LogP contribution in [0.1, 0.15) is 0 Å². The van der Waals surface area contributed by atoms with Crippen molar-refractivity contribution in [2.24, 2.45) is 4.40 Å². The number of ether oxygens (including phenoxy) is 1. The van der Waals surface area contributed by atoms with E-state index in [1.54, 1.807) is 17.2 Å². The molecule has 3 heterocycles. The number of nitrogens with zero attached hydrogens (tertiary/aromatic N) is 3. The van der Waals surface area contributed by atoms with Crippen molar-refractivity contribution in [3.05, 3.63) is 72.5 Å². The molecule has 3 aromatic rings. The zero-order valence-electron chi connectivity index (χ0n) is 16.1. The fourth-order valence-electron chi connectivity index (χ4n) is 3.15. The largest absolute Gasteiger partial charge is 0.457 e. The minimum absolute atomic E-state index is 0.0823. The number of rotatable bonds is 4. The number of benzene rings is 2. The van der Waals surface area contributed by atoms with E-state index >= 15 is 0 Å². The Labute approximate surface area is 182 Å². The highest BCUT2D eigenvalue weighted by Gasteiger charge is 2.25. The lowest BCUT2D eigenvalue weighted by atomic mass is 10.2. The second-order valence-electron chi connectivity index (χ2n) is 6.86. The number of amidine groups is 1. The molecule has 0 saturated carbocycles. The van der Waals surface area contributed by atoms with Crippen LogP contribution in [0.5, 0.6) is 11.5 Å². The Hall–Kier alpha value is -3.50. The lowest BCUT2D eigenvalue weighted by Crippen LogP contribution is -2.37.